The summed E-state index contributed by atoms with van der Waals surface area (Å²) in [7, 11) is 0. The molecular formula is C17H11BrCl2N2O. The number of rotatable bonds is 2. The van der Waals surface area contributed by atoms with Crippen molar-refractivity contribution in [3.8, 4) is 0 Å². The molecule has 0 bridgehead atoms. The van der Waals surface area contributed by atoms with Crippen LogP contribution in [0.15, 0.2) is 57.6 Å². The van der Waals surface area contributed by atoms with Crippen molar-refractivity contribution in [2.24, 2.45) is 5.10 Å². The maximum atomic E-state index is 12.6. The van der Waals surface area contributed by atoms with Gasteiger partial charge in [-0.15, -0.1) is 0 Å². The zero-order valence-corrected chi connectivity index (χ0v) is 15.2. The molecule has 3 nitrogen and oxygen atoms in total. The molecule has 0 saturated carbocycles. The van der Waals surface area contributed by atoms with Gasteiger partial charge in [0.25, 0.3) is 5.91 Å². The highest BCUT2D eigenvalue weighted by Crippen LogP contribution is 2.30. The minimum atomic E-state index is -0.191. The van der Waals surface area contributed by atoms with Crippen LogP contribution in [0.5, 0.6) is 0 Å². The van der Waals surface area contributed by atoms with Crippen molar-refractivity contribution < 1.29 is 4.79 Å². The molecule has 2 aromatic rings. The van der Waals surface area contributed by atoms with Crippen LogP contribution in [0.4, 0.5) is 5.69 Å². The fourth-order valence-electron chi connectivity index (χ4n) is 2.20. The summed E-state index contributed by atoms with van der Waals surface area (Å²) < 4.78 is 0.986. The smallest absolute Gasteiger partial charge is 0.267 e. The number of nitrogens with zero attached hydrogens (tertiary/aromatic N) is 2. The van der Waals surface area contributed by atoms with Crippen LogP contribution in [-0.2, 0) is 4.79 Å². The largest absolute Gasteiger partial charge is 0.280 e. The van der Waals surface area contributed by atoms with Crippen molar-refractivity contribution in [2.45, 2.75) is 6.92 Å². The molecular weight excluding hydrogens is 399 g/mol. The molecule has 116 valence electrons. The molecule has 0 N–H and O–H groups in total. The van der Waals surface area contributed by atoms with Gasteiger partial charge in [-0.1, -0.05) is 51.3 Å². The minimum absolute atomic E-state index is 0.191. The number of anilines is 1. The van der Waals surface area contributed by atoms with E-state index in [0.717, 1.165) is 10.0 Å². The van der Waals surface area contributed by atoms with Gasteiger partial charge in [-0.2, -0.15) is 10.1 Å². The van der Waals surface area contributed by atoms with Gasteiger partial charge >= 0.3 is 0 Å². The zero-order valence-electron chi connectivity index (χ0n) is 12.1. The van der Waals surface area contributed by atoms with E-state index in [1.165, 1.54) is 5.01 Å². The van der Waals surface area contributed by atoms with Crippen LogP contribution in [0, 0.1) is 0 Å². The van der Waals surface area contributed by atoms with E-state index < -0.39 is 0 Å². The van der Waals surface area contributed by atoms with Crippen molar-refractivity contribution in [2.75, 3.05) is 5.01 Å². The summed E-state index contributed by atoms with van der Waals surface area (Å²) in [4.78, 5) is 12.6. The predicted molar refractivity (Wildman–Crippen MR) is 99.2 cm³/mol. The number of hydrogen-bond donors (Lipinski definition) is 0. The Kier molecular flexibility index (Phi) is 4.57. The molecule has 0 unspecified atom stereocenters. The lowest BCUT2D eigenvalue weighted by atomic mass is 10.1. The van der Waals surface area contributed by atoms with Gasteiger partial charge in [0.15, 0.2) is 0 Å². The van der Waals surface area contributed by atoms with E-state index in [2.05, 4.69) is 21.0 Å². The highest BCUT2D eigenvalue weighted by atomic mass is 79.9. The summed E-state index contributed by atoms with van der Waals surface area (Å²) in [6.45, 7) is 1.81. The average molecular weight is 410 g/mol. The lowest BCUT2D eigenvalue weighted by molar-refractivity contribution is -0.114. The first-order chi connectivity index (χ1) is 11.0. The van der Waals surface area contributed by atoms with Crippen LogP contribution in [-0.4, -0.2) is 11.6 Å². The van der Waals surface area contributed by atoms with Crippen LogP contribution in [0.25, 0.3) is 6.08 Å². The molecule has 0 aromatic heterocycles. The lowest BCUT2D eigenvalue weighted by Crippen LogP contribution is -2.21. The standard InChI is InChI=1S/C17H11BrCl2N2O/c1-10-14(8-11-2-4-12(18)5-3-11)17(23)22(21-10)13-6-7-15(19)16(20)9-13/h2-9H,1H3/b14-8-. The Labute approximate surface area is 152 Å². The third-order valence-corrected chi connectivity index (χ3v) is 4.66. The van der Waals surface area contributed by atoms with E-state index in [9.17, 15) is 4.79 Å². The van der Waals surface area contributed by atoms with Gasteiger partial charge in [-0.05, 0) is 48.9 Å². The van der Waals surface area contributed by atoms with Gasteiger partial charge in [-0.3, -0.25) is 4.79 Å². The molecule has 2 aromatic carbocycles. The highest BCUT2D eigenvalue weighted by molar-refractivity contribution is 9.10. The molecule has 0 radical (unpaired) electrons. The predicted octanol–water partition coefficient (Wildman–Crippen LogP) is 5.56. The van der Waals surface area contributed by atoms with Crippen molar-refractivity contribution in [3.63, 3.8) is 0 Å². The first-order valence-electron chi connectivity index (χ1n) is 6.78. The van der Waals surface area contributed by atoms with E-state index in [4.69, 9.17) is 23.2 Å². The third-order valence-electron chi connectivity index (χ3n) is 3.39. The molecule has 1 aliphatic rings. The first-order valence-corrected chi connectivity index (χ1v) is 8.33. The Balaban J connectivity index is 1.94. The molecule has 3 rings (SSSR count). The molecule has 1 aliphatic heterocycles. The number of carbonyl (C=O) groups excluding carboxylic acids is 1. The summed E-state index contributed by atoms with van der Waals surface area (Å²) in [5.74, 6) is -0.191. The van der Waals surface area contributed by atoms with E-state index >= 15 is 0 Å². The Morgan fingerprint density at radius 3 is 2.43 bits per heavy atom. The fraction of sp³-hybridized carbons (Fsp3) is 0.0588. The second-order valence-corrected chi connectivity index (χ2v) is 6.74. The van der Waals surface area contributed by atoms with Gasteiger partial charge in [0.05, 0.1) is 27.0 Å². The molecule has 23 heavy (non-hydrogen) atoms. The van der Waals surface area contributed by atoms with Gasteiger partial charge in [0.1, 0.15) is 0 Å². The quantitative estimate of drug-likeness (QED) is 0.597. The molecule has 0 aliphatic carbocycles. The summed E-state index contributed by atoms with van der Waals surface area (Å²) in [6, 6.07) is 12.7. The second-order valence-electron chi connectivity index (χ2n) is 5.01. The number of amides is 1. The molecule has 0 atom stereocenters. The first kappa shape index (κ1) is 16.2. The van der Waals surface area contributed by atoms with Crippen LogP contribution in [0.1, 0.15) is 12.5 Å². The SMILES string of the molecule is CC1=NN(c2ccc(Cl)c(Cl)c2)C(=O)/C1=C\c1ccc(Br)cc1. The van der Waals surface area contributed by atoms with Crippen LogP contribution >= 0.6 is 39.1 Å². The molecule has 1 amide bonds. The monoisotopic (exact) mass is 408 g/mol. The molecule has 1 heterocycles. The highest BCUT2D eigenvalue weighted by Gasteiger charge is 2.28. The number of hydrazone groups is 1. The number of carbonyl (C=O) groups is 1. The Bertz CT molecular complexity index is 844. The topological polar surface area (TPSA) is 32.7 Å². The molecule has 0 spiro atoms. The Hall–Kier alpha value is -1.62. The molecule has 0 saturated heterocycles. The van der Waals surface area contributed by atoms with Crippen LogP contribution in [0.2, 0.25) is 10.0 Å². The zero-order chi connectivity index (χ0) is 16.6. The van der Waals surface area contributed by atoms with E-state index in [1.54, 1.807) is 25.1 Å². The van der Waals surface area contributed by atoms with Gasteiger partial charge in [0.2, 0.25) is 0 Å². The van der Waals surface area contributed by atoms with E-state index in [1.807, 2.05) is 30.3 Å². The fourth-order valence-corrected chi connectivity index (χ4v) is 2.76. The van der Waals surface area contributed by atoms with Gasteiger partial charge in [-0.25, -0.2) is 0 Å². The third kappa shape index (κ3) is 3.34. The summed E-state index contributed by atoms with van der Waals surface area (Å²) >= 11 is 15.3. The van der Waals surface area contributed by atoms with Crippen LogP contribution in [0.3, 0.4) is 0 Å². The average Bonchev–Trinajstić information content (AvgIpc) is 2.80. The molecule has 6 heteroatoms. The number of hydrogen-bond acceptors (Lipinski definition) is 2. The normalized spacial score (nSPS) is 16.2. The van der Waals surface area contributed by atoms with Crippen LogP contribution < -0.4 is 5.01 Å². The second kappa shape index (κ2) is 6.48. The van der Waals surface area contributed by atoms with E-state index in [0.29, 0.717) is 27.0 Å². The maximum Gasteiger partial charge on any atom is 0.280 e. The number of halogens is 3. The Morgan fingerprint density at radius 1 is 1.09 bits per heavy atom. The lowest BCUT2D eigenvalue weighted by Gasteiger charge is -2.12. The summed E-state index contributed by atoms with van der Waals surface area (Å²) in [5, 5.41) is 6.49. The maximum absolute atomic E-state index is 12.6. The van der Waals surface area contributed by atoms with Crippen molar-refractivity contribution in [3.05, 3.63) is 68.1 Å². The van der Waals surface area contributed by atoms with Gasteiger partial charge < -0.3 is 0 Å². The van der Waals surface area contributed by atoms with Crippen molar-refractivity contribution in [1.29, 1.82) is 0 Å². The summed E-state index contributed by atoms with van der Waals surface area (Å²) in [5.41, 5.74) is 2.73. The van der Waals surface area contributed by atoms with Gasteiger partial charge in [0, 0.05) is 4.47 Å². The molecule has 0 fully saturated rings. The Morgan fingerprint density at radius 2 is 1.78 bits per heavy atom. The number of benzene rings is 2. The summed E-state index contributed by atoms with van der Waals surface area (Å²) in [6.07, 6.45) is 1.82. The minimum Gasteiger partial charge on any atom is -0.267 e. The van der Waals surface area contributed by atoms with Crippen molar-refractivity contribution >= 4 is 62.5 Å². The van der Waals surface area contributed by atoms with E-state index in [-0.39, 0.29) is 5.91 Å². The van der Waals surface area contributed by atoms with Crippen molar-refractivity contribution in [1.82, 2.24) is 0 Å².